The van der Waals surface area contributed by atoms with E-state index >= 15 is 0 Å². The van der Waals surface area contributed by atoms with Crippen LogP contribution in [0.3, 0.4) is 0 Å². The number of aromatic nitrogens is 2. The van der Waals surface area contributed by atoms with Crippen molar-refractivity contribution >= 4 is 12.4 Å². The average Bonchev–Trinajstić information content (AvgIpc) is 2.84. The van der Waals surface area contributed by atoms with Gasteiger partial charge in [0, 0.05) is 26.1 Å². The predicted molar refractivity (Wildman–Crippen MR) is 74.5 cm³/mol. The second kappa shape index (κ2) is 8.47. The third-order valence-corrected chi connectivity index (χ3v) is 3.31. The van der Waals surface area contributed by atoms with Gasteiger partial charge in [-0.25, -0.2) is 0 Å². The van der Waals surface area contributed by atoms with Crippen LogP contribution in [0.1, 0.15) is 24.6 Å². The van der Waals surface area contributed by atoms with Crippen LogP contribution in [0.4, 0.5) is 0 Å². The first-order valence-corrected chi connectivity index (χ1v) is 6.52. The molecule has 0 spiro atoms. The van der Waals surface area contributed by atoms with Gasteiger partial charge in [0.1, 0.15) is 0 Å². The zero-order chi connectivity index (χ0) is 12.8. The van der Waals surface area contributed by atoms with E-state index in [1.807, 2.05) is 7.05 Å². The Morgan fingerprint density at radius 1 is 1.53 bits per heavy atom. The van der Waals surface area contributed by atoms with Crippen molar-refractivity contribution in [1.29, 1.82) is 0 Å². The van der Waals surface area contributed by atoms with Crippen molar-refractivity contribution in [2.75, 3.05) is 33.9 Å². The Balaban J connectivity index is 0.00000180. The lowest BCUT2D eigenvalue weighted by atomic mass is 10.1. The van der Waals surface area contributed by atoms with E-state index in [-0.39, 0.29) is 12.4 Å². The predicted octanol–water partition coefficient (Wildman–Crippen LogP) is 0.864. The van der Waals surface area contributed by atoms with Gasteiger partial charge in [0.25, 0.3) is 0 Å². The summed E-state index contributed by atoms with van der Waals surface area (Å²) in [5.41, 5.74) is 0. The van der Waals surface area contributed by atoms with Crippen molar-refractivity contribution in [3.05, 3.63) is 11.7 Å². The topological polar surface area (TPSA) is 63.4 Å². The van der Waals surface area contributed by atoms with Gasteiger partial charge >= 0.3 is 0 Å². The number of nitrogens with one attached hydrogen (secondary N) is 1. The zero-order valence-electron chi connectivity index (χ0n) is 11.6. The van der Waals surface area contributed by atoms with Crippen molar-refractivity contribution in [1.82, 2.24) is 20.4 Å². The minimum Gasteiger partial charge on any atom is -0.384 e. The number of ether oxygens (including phenoxy) is 1. The Morgan fingerprint density at radius 2 is 2.37 bits per heavy atom. The summed E-state index contributed by atoms with van der Waals surface area (Å²) in [7, 11) is 3.69. The van der Waals surface area contributed by atoms with Gasteiger partial charge in [0.05, 0.1) is 13.2 Å². The molecule has 0 aromatic carbocycles. The highest BCUT2D eigenvalue weighted by Gasteiger charge is 2.20. The molecule has 7 heteroatoms. The molecule has 1 unspecified atom stereocenters. The molecule has 0 amide bonds. The fourth-order valence-corrected chi connectivity index (χ4v) is 2.28. The molecule has 2 rings (SSSR count). The molecule has 0 radical (unpaired) electrons. The number of hydrogen-bond donors (Lipinski definition) is 1. The van der Waals surface area contributed by atoms with Gasteiger partial charge in [0.2, 0.25) is 5.89 Å². The zero-order valence-corrected chi connectivity index (χ0v) is 12.4. The number of likely N-dealkylation sites (tertiary alicyclic amines) is 1. The van der Waals surface area contributed by atoms with Crippen LogP contribution in [0, 0.1) is 0 Å². The van der Waals surface area contributed by atoms with Crippen LogP contribution in [0.15, 0.2) is 4.52 Å². The van der Waals surface area contributed by atoms with E-state index in [4.69, 9.17) is 9.26 Å². The molecule has 1 saturated heterocycles. The second-order valence-corrected chi connectivity index (χ2v) is 4.71. The quantitative estimate of drug-likeness (QED) is 0.838. The highest BCUT2D eigenvalue weighted by atomic mass is 35.5. The van der Waals surface area contributed by atoms with E-state index in [1.54, 1.807) is 7.11 Å². The lowest BCUT2D eigenvalue weighted by molar-refractivity contribution is 0.167. The lowest BCUT2D eigenvalue weighted by Crippen LogP contribution is -2.43. The Morgan fingerprint density at radius 3 is 3.11 bits per heavy atom. The summed E-state index contributed by atoms with van der Waals surface area (Å²) in [5, 5.41) is 7.28. The monoisotopic (exact) mass is 290 g/mol. The Hall–Kier alpha value is -0.690. The maximum absolute atomic E-state index is 5.25. The molecular weight excluding hydrogens is 268 g/mol. The molecule has 1 aromatic rings. The van der Waals surface area contributed by atoms with Crippen molar-refractivity contribution in [3.63, 3.8) is 0 Å². The average molecular weight is 291 g/mol. The number of hydrogen-bond acceptors (Lipinski definition) is 6. The Bertz CT molecular complexity index is 361. The van der Waals surface area contributed by atoms with Crippen LogP contribution < -0.4 is 5.32 Å². The molecule has 0 saturated carbocycles. The van der Waals surface area contributed by atoms with Gasteiger partial charge in [0.15, 0.2) is 5.82 Å². The number of rotatable bonds is 6. The molecule has 1 aromatic heterocycles. The lowest BCUT2D eigenvalue weighted by Gasteiger charge is -2.31. The maximum Gasteiger partial charge on any atom is 0.240 e. The minimum absolute atomic E-state index is 0. The first-order valence-electron chi connectivity index (χ1n) is 6.52. The van der Waals surface area contributed by atoms with Crippen molar-refractivity contribution in [2.24, 2.45) is 0 Å². The van der Waals surface area contributed by atoms with E-state index in [2.05, 4.69) is 20.4 Å². The van der Waals surface area contributed by atoms with Gasteiger partial charge in [-0.1, -0.05) is 5.16 Å². The molecule has 0 aliphatic carbocycles. The van der Waals surface area contributed by atoms with Gasteiger partial charge in [-0.3, -0.25) is 4.90 Å². The SMILES string of the molecule is CNC1CCCN(Cc2nc(CCOC)no2)C1.Cl. The van der Waals surface area contributed by atoms with Crippen LogP contribution in [-0.2, 0) is 17.7 Å². The number of nitrogens with zero attached hydrogens (tertiary/aromatic N) is 3. The van der Waals surface area contributed by atoms with E-state index in [0.717, 1.165) is 25.5 Å². The third-order valence-electron chi connectivity index (χ3n) is 3.31. The minimum atomic E-state index is 0. The Kier molecular flexibility index (Phi) is 7.30. The summed E-state index contributed by atoms with van der Waals surface area (Å²) in [4.78, 5) is 6.73. The first-order chi connectivity index (χ1) is 8.81. The molecule has 2 heterocycles. The Labute approximate surface area is 120 Å². The number of methoxy groups -OCH3 is 1. The number of likely N-dealkylation sites (N-methyl/N-ethyl adjacent to an activating group) is 1. The normalized spacial score (nSPS) is 20.2. The van der Waals surface area contributed by atoms with Gasteiger partial charge in [-0.05, 0) is 26.4 Å². The van der Waals surface area contributed by atoms with E-state index in [1.165, 1.54) is 12.8 Å². The van der Waals surface area contributed by atoms with Crippen LogP contribution >= 0.6 is 12.4 Å². The molecule has 1 atom stereocenters. The molecule has 1 N–H and O–H groups in total. The summed E-state index contributed by atoms with van der Waals surface area (Å²) in [6, 6.07) is 0.578. The summed E-state index contributed by atoms with van der Waals surface area (Å²) in [6.07, 6.45) is 3.17. The van der Waals surface area contributed by atoms with Crippen LogP contribution in [-0.4, -0.2) is 54.9 Å². The molecular formula is C12H23ClN4O2. The highest BCUT2D eigenvalue weighted by molar-refractivity contribution is 5.85. The smallest absolute Gasteiger partial charge is 0.240 e. The van der Waals surface area contributed by atoms with E-state index < -0.39 is 0 Å². The van der Waals surface area contributed by atoms with Crippen LogP contribution in [0.5, 0.6) is 0 Å². The van der Waals surface area contributed by atoms with Crippen molar-refractivity contribution < 1.29 is 9.26 Å². The summed E-state index contributed by atoms with van der Waals surface area (Å²) in [5.74, 6) is 1.44. The van der Waals surface area contributed by atoms with Crippen molar-refractivity contribution in [3.8, 4) is 0 Å². The van der Waals surface area contributed by atoms with Crippen molar-refractivity contribution in [2.45, 2.75) is 31.8 Å². The molecule has 19 heavy (non-hydrogen) atoms. The van der Waals surface area contributed by atoms with Gasteiger partial charge in [-0.15, -0.1) is 12.4 Å². The van der Waals surface area contributed by atoms with E-state index in [0.29, 0.717) is 25.0 Å². The number of piperidine rings is 1. The summed E-state index contributed by atoms with van der Waals surface area (Å²) < 4.78 is 10.2. The third kappa shape index (κ3) is 5.06. The molecule has 110 valence electrons. The number of halogens is 1. The fraction of sp³-hybridized carbons (Fsp3) is 0.833. The molecule has 6 nitrogen and oxygen atoms in total. The summed E-state index contributed by atoms with van der Waals surface area (Å²) in [6.45, 7) is 3.53. The standard InChI is InChI=1S/C12H22N4O2.ClH/c1-13-10-4-3-6-16(8-10)9-12-14-11(15-18-12)5-7-17-2;/h10,13H,3-9H2,1-2H3;1H. The van der Waals surface area contributed by atoms with Crippen LogP contribution in [0.2, 0.25) is 0 Å². The fourth-order valence-electron chi connectivity index (χ4n) is 2.28. The summed E-state index contributed by atoms with van der Waals surface area (Å²) >= 11 is 0. The second-order valence-electron chi connectivity index (χ2n) is 4.71. The van der Waals surface area contributed by atoms with E-state index in [9.17, 15) is 0 Å². The van der Waals surface area contributed by atoms with Crippen LogP contribution in [0.25, 0.3) is 0 Å². The largest absolute Gasteiger partial charge is 0.384 e. The maximum atomic E-state index is 5.25. The van der Waals surface area contributed by atoms with Gasteiger partial charge < -0.3 is 14.6 Å². The first kappa shape index (κ1) is 16.4. The molecule has 1 aliphatic rings. The van der Waals surface area contributed by atoms with Gasteiger partial charge in [-0.2, -0.15) is 4.98 Å². The molecule has 0 bridgehead atoms. The highest BCUT2D eigenvalue weighted by Crippen LogP contribution is 2.12. The molecule has 1 aliphatic heterocycles. The molecule has 1 fully saturated rings.